The van der Waals surface area contributed by atoms with Crippen LogP contribution in [0.1, 0.15) is 36.1 Å². The Balaban J connectivity index is 1.73. The standard InChI is InChI=1S/C25H25NO4/c1-18(27)26-23(20-12-14-22(29-2)15-13-20)17-25(28)30-24-11-7-6-10-21(24)16-19-8-4-3-5-9-19/h3-15,23H,16-17H2,1-2H3,(H,26,27). The van der Waals surface area contributed by atoms with Gasteiger partial charge < -0.3 is 14.8 Å². The number of hydrogen-bond acceptors (Lipinski definition) is 4. The summed E-state index contributed by atoms with van der Waals surface area (Å²) in [6.07, 6.45) is 0.684. The molecule has 0 heterocycles. The maximum absolute atomic E-state index is 12.7. The molecule has 1 N–H and O–H groups in total. The maximum Gasteiger partial charge on any atom is 0.313 e. The fraction of sp³-hybridized carbons (Fsp3) is 0.200. The third kappa shape index (κ3) is 5.95. The van der Waals surface area contributed by atoms with E-state index in [-0.39, 0.29) is 12.3 Å². The van der Waals surface area contributed by atoms with Crippen molar-refractivity contribution in [1.29, 1.82) is 0 Å². The second kappa shape index (κ2) is 10.3. The van der Waals surface area contributed by atoms with Crippen LogP contribution >= 0.6 is 0 Å². The lowest BCUT2D eigenvalue weighted by atomic mass is 10.0. The molecule has 1 amide bonds. The first kappa shape index (κ1) is 21.1. The van der Waals surface area contributed by atoms with Crippen molar-refractivity contribution in [3.8, 4) is 11.5 Å². The molecule has 0 saturated heterocycles. The highest BCUT2D eigenvalue weighted by Gasteiger charge is 2.19. The molecular formula is C25H25NO4. The minimum absolute atomic E-state index is 0.0194. The molecule has 0 aliphatic rings. The number of para-hydroxylation sites is 1. The van der Waals surface area contributed by atoms with Crippen LogP contribution in [0, 0.1) is 0 Å². The third-order valence-electron chi connectivity index (χ3n) is 4.70. The predicted molar refractivity (Wildman–Crippen MR) is 115 cm³/mol. The van der Waals surface area contributed by atoms with Gasteiger partial charge in [-0.1, -0.05) is 60.7 Å². The van der Waals surface area contributed by atoms with Gasteiger partial charge in [-0.05, 0) is 34.9 Å². The minimum atomic E-state index is -0.484. The third-order valence-corrected chi connectivity index (χ3v) is 4.70. The maximum atomic E-state index is 12.7. The number of methoxy groups -OCH3 is 1. The van der Waals surface area contributed by atoms with Gasteiger partial charge in [-0.3, -0.25) is 9.59 Å². The van der Waals surface area contributed by atoms with E-state index in [2.05, 4.69) is 5.32 Å². The van der Waals surface area contributed by atoms with Crippen molar-refractivity contribution >= 4 is 11.9 Å². The van der Waals surface area contributed by atoms with Crippen molar-refractivity contribution in [2.45, 2.75) is 25.8 Å². The number of carbonyl (C=O) groups is 2. The highest BCUT2D eigenvalue weighted by molar-refractivity contribution is 5.77. The van der Waals surface area contributed by atoms with Gasteiger partial charge in [0.1, 0.15) is 11.5 Å². The van der Waals surface area contributed by atoms with Crippen molar-refractivity contribution in [3.63, 3.8) is 0 Å². The molecule has 5 heteroatoms. The van der Waals surface area contributed by atoms with E-state index in [0.717, 1.165) is 16.7 Å². The molecule has 3 rings (SSSR count). The molecular weight excluding hydrogens is 378 g/mol. The Morgan fingerprint density at radius 2 is 1.57 bits per heavy atom. The van der Waals surface area contributed by atoms with Gasteiger partial charge in [0.25, 0.3) is 0 Å². The topological polar surface area (TPSA) is 64.6 Å². The quantitative estimate of drug-likeness (QED) is 0.446. The summed E-state index contributed by atoms with van der Waals surface area (Å²) >= 11 is 0. The molecule has 30 heavy (non-hydrogen) atoms. The van der Waals surface area contributed by atoms with Gasteiger partial charge in [0.05, 0.1) is 19.6 Å². The largest absolute Gasteiger partial charge is 0.497 e. The van der Waals surface area contributed by atoms with Crippen LogP contribution in [-0.4, -0.2) is 19.0 Å². The Kier molecular flexibility index (Phi) is 7.22. The average Bonchev–Trinajstić information content (AvgIpc) is 2.75. The highest BCUT2D eigenvalue weighted by atomic mass is 16.5. The lowest BCUT2D eigenvalue weighted by Crippen LogP contribution is -2.29. The molecule has 0 saturated carbocycles. The molecule has 0 bridgehead atoms. The Labute approximate surface area is 176 Å². The van der Waals surface area contributed by atoms with Crippen molar-refractivity contribution in [1.82, 2.24) is 5.32 Å². The number of amides is 1. The first-order valence-electron chi connectivity index (χ1n) is 9.78. The lowest BCUT2D eigenvalue weighted by molar-refractivity contribution is -0.135. The zero-order chi connectivity index (χ0) is 21.3. The molecule has 0 aliphatic heterocycles. The molecule has 0 aromatic heterocycles. The fourth-order valence-electron chi connectivity index (χ4n) is 3.23. The van der Waals surface area contributed by atoms with Gasteiger partial charge >= 0.3 is 5.97 Å². The van der Waals surface area contributed by atoms with E-state index in [4.69, 9.17) is 9.47 Å². The molecule has 154 valence electrons. The van der Waals surface area contributed by atoms with E-state index < -0.39 is 12.0 Å². The van der Waals surface area contributed by atoms with Crippen LogP contribution < -0.4 is 14.8 Å². The second-order valence-electron chi connectivity index (χ2n) is 6.97. The highest BCUT2D eigenvalue weighted by Crippen LogP contribution is 2.25. The van der Waals surface area contributed by atoms with Crippen LogP contribution in [0.5, 0.6) is 11.5 Å². The van der Waals surface area contributed by atoms with Gasteiger partial charge in [-0.25, -0.2) is 0 Å². The normalized spacial score (nSPS) is 11.4. The Hall–Kier alpha value is -3.60. The smallest absolute Gasteiger partial charge is 0.313 e. The van der Waals surface area contributed by atoms with Crippen LogP contribution in [0.15, 0.2) is 78.9 Å². The van der Waals surface area contributed by atoms with Crippen LogP contribution in [0.4, 0.5) is 0 Å². The van der Waals surface area contributed by atoms with Crippen molar-refractivity contribution in [2.24, 2.45) is 0 Å². The summed E-state index contributed by atoms with van der Waals surface area (Å²) in [7, 11) is 1.59. The first-order chi connectivity index (χ1) is 14.5. The van der Waals surface area contributed by atoms with E-state index in [1.54, 1.807) is 25.3 Å². The lowest BCUT2D eigenvalue weighted by Gasteiger charge is -2.18. The molecule has 0 aliphatic carbocycles. The Bertz CT molecular complexity index is 984. The van der Waals surface area contributed by atoms with E-state index in [1.807, 2.05) is 60.7 Å². The molecule has 0 fully saturated rings. The zero-order valence-corrected chi connectivity index (χ0v) is 17.1. The van der Waals surface area contributed by atoms with E-state index in [9.17, 15) is 9.59 Å². The summed E-state index contributed by atoms with van der Waals surface area (Å²) in [5.41, 5.74) is 2.87. The summed E-state index contributed by atoms with van der Waals surface area (Å²) in [5.74, 6) is 0.610. The summed E-state index contributed by atoms with van der Waals surface area (Å²) in [4.78, 5) is 24.4. The van der Waals surface area contributed by atoms with Crippen molar-refractivity contribution in [2.75, 3.05) is 7.11 Å². The van der Waals surface area contributed by atoms with Gasteiger partial charge in [0.15, 0.2) is 0 Å². The molecule has 1 atom stereocenters. The summed E-state index contributed by atoms with van der Waals surface area (Å²) in [6.45, 7) is 1.43. The number of rotatable bonds is 8. The van der Waals surface area contributed by atoms with Crippen LogP contribution in [0.3, 0.4) is 0 Å². The number of benzene rings is 3. The predicted octanol–water partition coefficient (Wildman–Crippen LogP) is 4.46. The Morgan fingerprint density at radius 3 is 2.23 bits per heavy atom. The Morgan fingerprint density at radius 1 is 0.900 bits per heavy atom. The summed E-state index contributed by atoms with van der Waals surface area (Å²) < 4.78 is 10.9. The van der Waals surface area contributed by atoms with E-state index in [1.165, 1.54) is 6.92 Å². The van der Waals surface area contributed by atoms with Gasteiger partial charge in [-0.15, -0.1) is 0 Å². The van der Waals surface area contributed by atoms with Crippen molar-refractivity contribution < 1.29 is 19.1 Å². The molecule has 0 spiro atoms. The number of hydrogen-bond donors (Lipinski definition) is 1. The molecule has 3 aromatic carbocycles. The molecule has 1 unspecified atom stereocenters. The summed E-state index contributed by atoms with van der Waals surface area (Å²) in [6, 6.07) is 24.3. The zero-order valence-electron chi connectivity index (χ0n) is 17.1. The minimum Gasteiger partial charge on any atom is -0.497 e. The van der Waals surface area contributed by atoms with E-state index >= 15 is 0 Å². The number of esters is 1. The molecule has 3 aromatic rings. The van der Waals surface area contributed by atoms with Crippen LogP contribution in [0.25, 0.3) is 0 Å². The van der Waals surface area contributed by atoms with Crippen molar-refractivity contribution in [3.05, 3.63) is 95.6 Å². The SMILES string of the molecule is COc1ccc(C(CC(=O)Oc2ccccc2Cc2ccccc2)NC(C)=O)cc1. The van der Waals surface area contributed by atoms with Gasteiger partial charge in [0, 0.05) is 13.3 Å². The summed E-state index contributed by atoms with van der Waals surface area (Å²) in [5, 5.41) is 2.82. The van der Waals surface area contributed by atoms with Gasteiger partial charge in [0.2, 0.25) is 5.91 Å². The number of carbonyl (C=O) groups excluding carboxylic acids is 2. The fourth-order valence-corrected chi connectivity index (χ4v) is 3.23. The number of nitrogens with one attached hydrogen (secondary N) is 1. The van der Waals surface area contributed by atoms with Crippen LogP contribution in [0.2, 0.25) is 0 Å². The van der Waals surface area contributed by atoms with E-state index in [0.29, 0.717) is 17.9 Å². The van der Waals surface area contributed by atoms with Crippen LogP contribution in [-0.2, 0) is 16.0 Å². The monoisotopic (exact) mass is 403 g/mol. The van der Waals surface area contributed by atoms with Gasteiger partial charge in [-0.2, -0.15) is 0 Å². The molecule has 0 radical (unpaired) electrons. The molecule has 5 nitrogen and oxygen atoms in total. The first-order valence-corrected chi connectivity index (χ1v) is 9.78. The number of ether oxygens (including phenoxy) is 2. The average molecular weight is 403 g/mol. The second-order valence-corrected chi connectivity index (χ2v) is 6.97.